The molecule has 0 radical (unpaired) electrons. The molecule has 1 aliphatic heterocycles. The second-order valence-corrected chi connectivity index (χ2v) is 8.40. The molecule has 1 heterocycles. The van der Waals surface area contributed by atoms with Gasteiger partial charge in [-0.1, -0.05) is 13.8 Å². The Kier molecular flexibility index (Phi) is 4.63. The standard InChI is InChI=1S/C13H27NO2Si/c1-9-7-10(2)12-11(8-9)5-6-14-13(12)17(15-3)16-4/h9-14,17H,5-8H2,1-4H3. The summed E-state index contributed by atoms with van der Waals surface area (Å²) in [5, 5.41) is 3.68. The summed E-state index contributed by atoms with van der Waals surface area (Å²) < 4.78 is 11.2. The van der Waals surface area contributed by atoms with Crippen molar-refractivity contribution in [2.75, 3.05) is 20.8 Å². The van der Waals surface area contributed by atoms with E-state index < -0.39 is 9.28 Å². The van der Waals surface area contributed by atoms with Crippen LogP contribution >= 0.6 is 0 Å². The number of nitrogens with one attached hydrogen (secondary N) is 1. The first-order valence-electron chi connectivity index (χ1n) is 6.96. The third-order valence-electron chi connectivity index (χ3n) is 4.75. The largest absolute Gasteiger partial charge is 0.399 e. The topological polar surface area (TPSA) is 30.5 Å². The second kappa shape index (κ2) is 5.82. The molecule has 0 spiro atoms. The lowest BCUT2D eigenvalue weighted by Gasteiger charge is -2.48. The number of piperidine rings is 1. The molecule has 0 aromatic carbocycles. The third kappa shape index (κ3) is 2.75. The van der Waals surface area contributed by atoms with Crippen LogP contribution in [0.4, 0.5) is 0 Å². The normalized spacial score (nSPS) is 42.5. The van der Waals surface area contributed by atoms with E-state index in [1.54, 1.807) is 0 Å². The van der Waals surface area contributed by atoms with E-state index in [0.717, 1.165) is 30.2 Å². The van der Waals surface area contributed by atoms with E-state index >= 15 is 0 Å². The molecule has 5 unspecified atom stereocenters. The molecule has 1 N–H and O–H groups in total. The van der Waals surface area contributed by atoms with Gasteiger partial charge in [0.2, 0.25) is 0 Å². The molecule has 1 aliphatic carbocycles. The predicted molar refractivity (Wildman–Crippen MR) is 72.1 cm³/mol. The number of hydrogen-bond donors (Lipinski definition) is 1. The Balaban J connectivity index is 2.11. The molecule has 2 rings (SSSR count). The molecular weight excluding hydrogens is 230 g/mol. The SMILES string of the molecule is CO[SiH](OC)C1NCCC2CC(C)CC(C)C21. The van der Waals surface area contributed by atoms with Crippen molar-refractivity contribution in [1.82, 2.24) is 5.32 Å². The zero-order chi connectivity index (χ0) is 12.4. The van der Waals surface area contributed by atoms with Gasteiger partial charge < -0.3 is 14.2 Å². The van der Waals surface area contributed by atoms with Crippen LogP contribution in [0.15, 0.2) is 0 Å². The Hall–Kier alpha value is 0.0969. The summed E-state index contributed by atoms with van der Waals surface area (Å²) in [7, 11) is 2.08. The molecule has 0 bridgehead atoms. The number of fused-ring (bicyclic) bond motifs is 1. The first-order chi connectivity index (χ1) is 8.17. The van der Waals surface area contributed by atoms with Crippen molar-refractivity contribution in [2.24, 2.45) is 23.7 Å². The van der Waals surface area contributed by atoms with Crippen molar-refractivity contribution >= 4 is 9.28 Å². The fourth-order valence-corrected chi connectivity index (χ4v) is 6.42. The van der Waals surface area contributed by atoms with E-state index in [0.29, 0.717) is 5.67 Å². The molecule has 0 amide bonds. The molecule has 1 saturated heterocycles. The Bertz CT molecular complexity index is 248. The van der Waals surface area contributed by atoms with Gasteiger partial charge in [-0.3, -0.25) is 0 Å². The van der Waals surface area contributed by atoms with Gasteiger partial charge in [-0.25, -0.2) is 0 Å². The summed E-state index contributed by atoms with van der Waals surface area (Å²) in [6, 6.07) is 0. The van der Waals surface area contributed by atoms with E-state index in [4.69, 9.17) is 8.85 Å². The van der Waals surface area contributed by atoms with Gasteiger partial charge in [0.1, 0.15) is 0 Å². The van der Waals surface area contributed by atoms with Crippen molar-refractivity contribution in [3.63, 3.8) is 0 Å². The van der Waals surface area contributed by atoms with E-state index in [-0.39, 0.29) is 0 Å². The molecule has 5 atom stereocenters. The van der Waals surface area contributed by atoms with Crippen LogP contribution in [0, 0.1) is 23.7 Å². The van der Waals surface area contributed by atoms with Gasteiger partial charge in [0.25, 0.3) is 0 Å². The maximum absolute atomic E-state index is 5.62. The van der Waals surface area contributed by atoms with Crippen molar-refractivity contribution in [3.8, 4) is 0 Å². The zero-order valence-electron chi connectivity index (χ0n) is 11.6. The van der Waals surface area contributed by atoms with Crippen molar-refractivity contribution in [3.05, 3.63) is 0 Å². The van der Waals surface area contributed by atoms with Crippen LogP contribution in [0.5, 0.6) is 0 Å². The van der Waals surface area contributed by atoms with E-state index in [2.05, 4.69) is 19.2 Å². The molecule has 0 aromatic heterocycles. The number of rotatable bonds is 3. The van der Waals surface area contributed by atoms with Crippen molar-refractivity contribution in [1.29, 1.82) is 0 Å². The Morgan fingerprint density at radius 2 is 1.82 bits per heavy atom. The van der Waals surface area contributed by atoms with E-state index in [9.17, 15) is 0 Å². The molecule has 3 nitrogen and oxygen atoms in total. The van der Waals surface area contributed by atoms with E-state index in [1.165, 1.54) is 19.3 Å². The fourth-order valence-electron chi connectivity index (χ4n) is 4.22. The highest BCUT2D eigenvalue weighted by Crippen LogP contribution is 2.43. The van der Waals surface area contributed by atoms with E-state index in [1.807, 2.05) is 14.2 Å². The quantitative estimate of drug-likeness (QED) is 0.781. The van der Waals surface area contributed by atoms with Crippen LogP contribution in [0.25, 0.3) is 0 Å². The summed E-state index contributed by atoms with van der Waals surface area (Å²) in [5.74, 6) is 3.37. The molecule has 4 heteroatoms. The zero-order valence-corrected chi connectivity index (χ0v) is 12.8. The van der Waals surface area contributed by atoms with Gasteiger partial charge in [0, 0.05) is 14.2 Å². The smallest absolute Gasteiger partial charge is 0.338 e. The third-order valence-corrected chi connectivity index (χ3v) is 6.94. The highest BCUT2D eigenvalue weighted by Gasteiger charge is 2.45. The van der Waals surface area contributed by atoms with Crippen LogP contribution < -0.4 is 5.32 Å². The van der Waals surface area contributed by atoms with Crippen molar-refractivity contribution < 1.29 is 8.85 Å². The molecule has 0 aromatic rings. The Morgan fingerprint density at radius 3 is 2.47 bits per heavy atom. The Morgan fingerprint density at radius 1 is 1.12 bits per heavy atom. The monoisotopic (exact) mass is 257 g/mol. The summed E-state index contributed by atoms with van der Waals surface area (Å²) in [5.41, 5.74) is 0.506. The van der Waals surface area contributed by atoms with Gasteiger partial charge in [-0.15, -0.1) is 0 Å². The predicted octanol–water partition coefficient (Wildman–Crippen LogP) is 1.70. The molecule has 100 valence electrons. The molecule has 2 aliphatic rings. The minimum atomic E-state index is -1.54. The van der Waals surface area contributed by atoms with Gasteiger partial charge in [-0.05, 0) is 49.5 Å². The molecule has 2 fully saturated rings. The highest BCUT2D eigenvalue weighted by molar-refractivity contribution is 6.46. The molecule has 1 saturated carbocycles. The number of hydrogen-bond acceptors (Lipinski definition) is 3. The van der Waals surface area contributed by atoms with Gasteiger partial charge in [0.15, 0.2) is 0 Å². The first-order valence-corrected chi connectivity index (χ1v) is 8.57. The molecular formula is C13H27NO2Si. The lowest BCUT2D eigenvalue weighted by molar-refractivity contribution is 0.0651. The average molecular weight is 257 g/mol. The Labute approximate surface area is 107 Å². The first kappa shape index (κ1) is 13.5. The van der Waals surface area contributed by atoms with Crippen molar-refractivity contribution in [2.45, 2.75) is 38.8 Å². The van der Waals surface area contributed by atoms with Crippen LogP contribution in [-0.4, -0.2) is 35.7 Å². The minimum absolute atomic E-state index is 0.506. The summed E-state index contributed by atoms with van der Waals surface area (Å²) in [4.78, 5) is 0. The average Bonchev–Trinajstić information content (AvgIpc) is 2.30. The lowest BCUT2D eigenvalue weighted by Crippen LogP contribution is -2.59. The minimum Gasteiger partial charge on any atom is -0.399 e. The summed E-state index contributed by atoms with van der Waals surface area (Å²) >= 11 is 0. The fraction of sp³-hybridized carbons (Fsp3) is 1.00. The lowest BCUT2D eigenvalue weighted by atomic mass is 9.66. The van der Waals surface area contributed by atoms with Gasteiger partial charge in [0.05, 0.1) is 5.67 Å². The highest BCUT2D eigenvalue weighted by atomic mass is 28.3. The maximum Gasteiger partial charge on any atom is 0.338 e. The second-order valence-electron chi connectivity index (χ2n) is 6.00. The molecule has 17 heavy (non-hydrogen) atoms. The summed E-state index contributed by atoms with van der Waals surface area (Å²) in [6.07, 6.45) is 4.11. The van der Waals surface area contributed by atoms with Crippen LogP contribution in [0.3, 0.4) is 0 Å². The maximum atomic E-state index is 5.62. The van der Waals surface area contributed by atoms with Crippen LogP contribution in [-0.2, 0) is 8.85 Å². The van der Waals surface area contributed by atoms with Crippen LogP contribution in [0.2, 0.25) is 0 Å². The van der Waals surface area contributed by atoms with Gasteiger partial charge >= 0.3 is 9.28 Å². The summed E-state index contributed by atoms with van der Waals surface area (Å²) in [6.45, 7) is 5.97. The van der Waals surface area contributed by atoms with Gasteiger partial charge in [-0.2, -0.15) is 0 Å². The van der Waals surface area contributed by atoms with Crippen LogP contribution in [0.1, 0.15) is 33.1 Å².